The van der Waals surface area contributed by atoms with Gasteiger partial charge in [-0.1, -0.05) is 13.8 Å². The Hall–Kier alpha value is -1.51. The van der Waals surface area contributed by atoms with Gasteiger partial charge in [-0.05, 0) is 54.4 Å². The quantitative estimate of drug-likeness (QED) is 0.903. The van der Waals surface area contributed by atoms with Gasteiger partial charge in [0.1, 0.15) is 5.75 Å². The van der Waals surface area contributed by atoms with Gasteiger partial charge in [-0.15, -0.1) is 0 Å². The maximum Gasteiger partial charge on any atom is 0.224 e. The number of ether oxygens (including phenoxy) is 1. The van der Waals surface area contributed by atoms with Gasteiger partial charge in [-0.3, -0.25) is 4.79 Å². The summed E-state index contributed by atoms with van der Waals surface area (Å²) in [6.45, 7) is 5.44. The Labute approximate surface area is 114 Å². The number of nitrogens with one attached hydrogen (secondary N) is 1. The zero-order valence-electron chi connectivity index (χ0n) is 11.7. The molecule has 19 heavy (non-hydrogen) atoms. The molecule has 0 saturated heterocycles. The summed E-state index contributed by atoms with van der Waals surface area (Å²) in [5.41, 5.74) is 2.63. The Kier molecular flexibility index (Phi) is 3.00. The Morgan fingerprint density at radius 1 is 1.32 bits per heavy atom. The average molecular weight is 259 g/mol. The molecule has 1 aliphatic carbocycles. The molecule has 0 aromatic heterocycles. The summed E-state index contributed by atoms with van der Waals surface area (Å²) < 4.78 is 5.88. The number of rotatable bonds is 3. The number of anilines is 1. The number of hydrogen-bond acceptors (Lipinski definition) is 2. The van der Waals surface area contributed by atoms with Gasteiger partial charge >= 0.3 is 0 Å². The topological polar surface area (TPSA) is 38.3 Å². The van der Waals surface area contributed by atoms with E-state index in [4.69, 9.17) is 4.74 Å². The van der Waals surface area contributed by atoms with Crippen molar-refractivity contribution in [3.63, 3.8) is 0 Å². The van der Waals surface area contributed by atoms with Crippen molar-refractivity contribution in [1.82, 2.24) is 0 Å². The number of benzene rings is 1. The second kappa shape index (κ2) is 4.55. The Morgan fingerprint density at radius 3 is 2.84 bits per heavy atom. The van der Waals surface area contributed by atoms with Gasteiger partial charge in [-0.2, -0.15) is 0 Å². The summed E-state index contributed by atoms with van der Waals surface area (Å²) in [6.07, 6.45) is 3.91. The van der Waals surface area contributed by atoms with E-state index in [0.29, 0.717) is 17.8 Å². The normalized spacial score (nSPS) is 21.3. The number of fused-ring (bicyclic) bond motifs is 1. The summed E-state index contributed by atoms with van der Waals surface area (Å²) in [6, 6.07) is 5.97. The van der Waals surface area contributed by atoms with Gasteiger partial charge in [0.2, 0.25) is 5.91 Å². The van der Waals surface area contributed by atoms with Gasteiger partial charge in [-0.25, -0.2) is 0 Å². The van der Waals surface area contributed by atoms with Crippen molar-refractivity contribution >= 4 is 11.6 Å². The SMILES string of the molecule is CC1(C)CC(COc2ccc3c(c2)CCC(=O)N3)C1. The van der Waals surface area contributed by atoms with Gasteiger partial charge in [0.05, 0.1) is 6.61 Å². The van der Waals surface area contributed by atoms with Crippen molar-refractivity contribution in [1.29, 1.82) is 0 Å². The van der Waals surface area contributed by atoms with Crippen molar-refractivity contribution in [2.75, 3.05) is 11.9 Å². The molecule has 1 heterocycles. The molecule has 3 nitrogen and oxygen atoms in total. The van der Waals surface area contributed by atoms with Crippen LogP contribution in [0.2, 0.25) is 0 Å². The smallest absolute Gasteiger partial charge is 0.224 e. The molecule has 3 rings (SSSR count). The molecule has 0 bridgehead atoms. The third-order valence-corrected chi connectivity index (χ3v) is 4.14. The maximum atomic E-state index is 11.3. The van der Waals surface area contributed by atoms with Crippen LogP contribution in [0.5, 0.6) is 5.75 Å². The molecule has 0 radical (unpaired) electrons. The highest BCUT2D eigenvalue weighted by atomic mass is 16.5. The van der Waals surface area contributed by atoms with Crippen molar-refractivity contribution in [3.05, 3.63) is 23.8 Å². The van der Waals surface area contributed by atoms with E-state index in [2.05, 4.69) is 25.2 Å². The number of hydrogen-bond donors (Lipinski definition) is 1. The predicted molar refractivity (Wildman–Crippen MR) is 75.4 cm³/mol. The fourth-order valence-corrected chi connectivity index (χ4v) is 3.28. The van der Waals surface area contributed by atoms with Crippen molar-refractivity contribution in [3.8, 4) is 5.75 Å². The van der Waals surface area contributed by atoms with E-state index in [0.717, 1.165) is 24.5 Å². The van der Waals surface area contributed by atoms with Crippen LogP contribution in [0.1, 0.15) is 38.7 Å². The lowest BCUT2D eigenvalue weighted by Gasteiger charge is -2.42. The molecule has 1 amide bonds. The van der Waals surface area contributed by atoms with E-state index in [1.807, 2.05) is 12.1 Å². The predicted octanol–water partition coefficient (Wildman–Crippen LogP) is 3.39. The fraction of sp³-hybridized carbons (Fsp3) is 0.562. The molecule has 1 aromatic carbocycles. The minimum absolute atomic E-state index is 0.109. The first-order chi connectivity index (χ1) is 9.02. The molecular weight excluding hydrogens is 238 g/mol. The summed E-state index contributed by atoms with van der Waals surface area (Å²) in [7, 11) is 0. The third kappa shape index (κ3) is 2.75. The largest absolute Gasteiger partial charge is 0.493 e. The Balaban J connectivity index is 1.59. The molecule has 0 atom stereocenters. The summed E-state index contributed by atoms with van der Waals surface area (Å²) in [5, 5.41) is 2.89. The molecule has 1 aliphatic heterocycles. The maximum absolute atomic E-state index is 11.3. The van der Waals surface area contributed by atoms with Crippen LogP contribution in [0.25, 0.3) is 0 Å². The van der Waals surface area contributed by atoms with Crippen LogP contribution < -0.4 is 10.1 Å². The first-order valence-corrected chi connectivity index (χ1v) is 7.07. The molecule has 0 spiro atoms. The zero-order valence-corrected chi connectivity index (χ0v) is 11.7. The van der Waals surface area contributed by atoms with Crippen molar-refractivity contribution < 1.29 is 9.53 Å². The highest BCUT2D eigenvalue weighted by Gasteiger charge is 2.36. The van der Waals surface area contributed by atoms with E-state index in [1.54, 1.807) is 0 Å². The van der Waals surface area contributed by atoms with E-state index in [1.165, 1.54) is 18.4 Å². The Bertz CT molecular complexity index is 499. The van der Waals surface area contributed by atoms with Crippen LogP contribution in [0.15, 0.2) is 18.2 Å². The van der Waals surface area contributed by atoms with Crippen molar-refractivity contribution in [2.24, 2.45) is 11.3 Å². The van der Waals surface area contributed by atoms with Gasteiger partial charge < -0.3 is 10.1 Å². The molecule has 3 heteroatoms. The van der Waals surface area contributed by atoms with Gasteiger partial charge in [0.15, 0.2) is 0 Å². The monoisotopic (exact) mass is 259 g/mol. The molecule has 1 aromatic rings. The van der Waals surface area contributed by atoms with E-state index < -0.39 is 0 Å². The highest BCUT2D eigenvalue weighted by molar-refractivity contribution is 5.93. The molecule has 1 saturated carbocycles. The van der Waals surface area contributed by atoms with Crippen molar-refractivity contribution in [2.45, 2.75) is 39.5 Å². The Morgan fingerprint density at radius 2 is 2.11 bits per heavy atom. The van der Waals surface area contributed by atoms with E-state index >= 15 is 0 Å². The first kappa shape index (κ1) is 12.5. The minimum atomic E-state index is 0.109. The number of carbonyl (C=O) groups excluding carboxylic acids is 1. The molecule has 102 valence electrons. The first-order valence-electron chi connectivity index (χ1n) is 7.07. The van der Waals surface area contributed by atoms with Crippen LogP contribution in [0.4, 0.5) is 5.69 Å². The number of amides is 1. The van der Waals surface area contributed by atoms with Crippen LogP contribution in [0, 0.1) is 11.3 Å². The standard InChI is InChI=1S/C16H21NO2/c1-16(2)8-11(9-16)10-19-13-4-5-14-12(7-13)3-6-15(18)17-14/h4-5,7,11H,3,6,8-10H2,1-2H3,(H,17,18). The second-order valence-corrected chi connectivity index (χ2v) is 6.62. The number of carbonyl (C=O) groups is 1. The number of aryl methyl sites for hydroxylation is 1. The lowest BCUT2D eigenvalue weighted by molar-refractivity contribution is -0.116. The average Bonchev–Trinajstić information content (AvgIpc) is 2.33. The van der Waals surface area contributed by atoms with Crippen LogP contribution in [-0.2, 0) is 11.2 Å². The molecule has 0 unspecified atom stereocenters. The molecule has 2 aliphatic rings. The summed E-state index contributed by atoms with van der Waals surface area (Å²) >= 11 is 0. The van der Waals surface area contributed by atoms with Crippen LogP contribution >= 0.6 is 0 Å². The molecule has 1 fully saturated rings. The van der Waals surface area contributed by atoms with Crippen LogP contribution in [-0.4, -0.2) is 12.5 Å². The lowest BCUT2D eigenvalue weighted by Crippen LogP contribution is -2.35. The second-order valence-electron chi connectivity index (χ2n) is 6.62. The molecular formula is C16H21NO2. The van der Waals surface area contributed by atoms with Gasteiger partial charge in [0.25, 0.3) is 0 Å². The van der Waals surface area contributed by atoms with Crippen LogP contribution in [0.3, 0.4) is 0 Å². The van der Waals surface area contributed by atoms with Gasteiger partial charge in [0, 0.05) is 12.1 Å². The van der Waals surface area contributed by atoms with E-state index in [-0.39, 0.29) is 5.91 Å². The third-order valence-electron chi connectivity index (χ3n) is 4.14. The fourth-order valence-electron chi connectivity index (χ4n) is 3.28. The summed E-state index contributed by atoms with van der Waals surface area (Å²) in [5.74, 6) is 1.74. The highest BCUT2D eigenvalue weighted by Crippen LogP contribution is 2.44. The summed E-state index contributed by atoms with van der Waals surface area (Å²) in [4.78, 5) is 11.3. The lowest BCUT2D eigenvalue weighted by atomic mass is 9.65. The molecule has 1 N–H and O–H groups in total. The minimum Gasteiger partial charge on any atom is -0.493 e. The zero-order chi connectivity index (χ0) is 13.5. The van der Waals surface area contributed by atoms with E-state index in [9.17, 15) is 4.79 Å².